The van der Waals surface area contributed by atoms with Crippen molar-refractivity contribution in [2.45, 2.75) is 112 Å². The molecule has 0 aromatic heterocycles. The predicted molar refractivity (Wildman–Crippen MR) is 199 cm³/mol. The first-order valence-electron chi connectivity index (χ1n) is 18.9. The average Bonchev–Trinajstić information content (AvgIpc) is 3.22. The Morgan fingerprint density at radius 2 is 1.38 bits per heavy atom. The van der Waals surface area contributed by atoms with E-state index in [1.165, 1.54) is 57.6 Å². The van der Waals surface area contributed by atoms with Gasteiger partial charge in [-0.25, -0.2) is 4.79 Å². The largest absolute Gasteiger partial charge is 0.504 e. The van der Waals surface area contributed by atoms with Crippen molar-refractivity contribution in [2.75, 3.05) is 34.0 Å². The molecule has 2 aromatic rings. The first-order valence-corrected chi connectivity index (χ1v) is 18.9. The standard InChI is InChI=1S/C39H52O21/c1-17-34(56-18(2)41)30(47)32(49)39(55-17)60-36-33(50)38(53-12-11-20-6-9-23(51-3)22(43)13-20)58-26(16-54-37-31(48)29(46)28(45)25(15-40)57-37)35(36)59-27(44)10-7-19-5-8-21(42)24(14-19)52-4/h5-10,13-14,17,25-26,28-40,42-43,45-50H,11-12,15-16H2,1-4H3. The van der Waals surface area contributed by atoms with Gasteiger partial charge in [-0.05, 0) is 54.8 Å². The normalized spacial score (nSPS) is 34.5. The Morgan fingerprint density at radius 1 is 0.700 bits per heavy atom. The second kappa shape index (κ2) is 21.1. The second-order valence-electron chi connectivity index (χ2n) is 14.2. The van der Waals surface area contributed by atoms with Crippen molar-refractivity contribution in [1.82, 2.24) is 0 Å². The number of benzene rings is 2. The van der Waals surface area contributed by atoms with Gasteiger partial charge in [0.05, 0.1) is 40.1 Å². The highest BCUT2D eigenvalue weighted by molar-refractivity contribution is 5.87. The Bertz CT molecular complexity index is 1760. The number of aromatic hydroxyl groups is 2. The van der Waals surface area contributed by atoms with Gasteiger partial charge in [0.1, 0.15) is 54.9 Å². The average molecular weight is 857 g/mol. The molecule has 15 atom stereocenters. The Balaban J connectivity index is 1.45. The monoisotopic (exact) mass is 856 g/mol. The summed E-state index contributed by atoms with van der Waals surface area (Å²) < 4.78 is 56.3. The minimum atomic E-state index is -1.90. The number of ether oxygens (including phenoxy) is 10. The Labute approximate surface area is 343 Å². The molecule has 0 saturated carbocycles. The van der Waals surface area contributed by atoms with Crippen LogP contribution < -0.4 is 9.47 Å². The third kappa shape index (κ3) is 11.2. The Morgan fingerprint density at radius 3 is 2.05 bits per heavy atom. The van der Waals surface area contributed by atoms with Crippen LogP contribution in [-0.2, 0) is 53.9 Å². The van der Waals surface area contributed by atoms with Crippen LogP contribution in [0.3, 0.4) is 0 Å². The fourth-order valence-corrected chi connectivity index (χ4v) is 6.81. The third-order valence-corrected chi connectivity index (χ3v) is 10.0. The highest BCUT2D eigenvalue weighted by Gasteiger charge is 2.54. The number of aliphatic hydroxyl groups excluding tert-OH is 7. The van der Waals surface area contributed by atoms with Crippen molar-refractivity contribution in [3.8, 4) is 23.0 Å². The summed E-state index contributed by atoms with van der Waals surface area (Å²) in [7, 11) is 2.72. The van der Waals surface area contributed by atoms with Gasteiger partial charge in [0.15, 0.2) is 54.1 Å². The summed E-state index contributed by atoms with van der Waals surface area (Å²) in [6.45, 7) is 0.953. The quantitative estimate of drug-likeness (QED) is 0.0650. The molecule has 3 heterocycles. The van der Waals surface area contributed by atoms with Crippen LogP contribution in [0.2, 0.25) is 0 Å². The maximum atomic E-state index is 13.5. The van der Waals surface area contributed by atoms with Gasteiger partial charge in [0.2, 0.25) is 0 Å². The summed E-state index contributed by atoms with van der Waals surface area (Å²) in [5.74, 6) is -1.75. The molecule has 60 heavy (non-hydrogen) atoms. The number of rotatable bonds is 16. The number of hydrogen-bond acceptors (Lipinski definition) is 21. The molecule has 5 rings (SSSR count). The van der Waals surface area contributed by atoms with Crippen LogP contribution in [0.25, 0.3) is 6.08 Å². The van der Waals surface area contributed by atoms with Crippen LogP contribution in [0.4, 0.5) is 0 Å². The fraction of sp³-hybridized carbons (Fsp3) is 0.590. The zero-order valence-corrected chi connectivity index (χ0v) is 33.0. The molecule has 0 amide bonds. The van der Waals surface area contributed by atoms with Crippen molar-refractivity contribution >= 4 is 18.0 Å². The van der Waals surface area contributed by atoms with Gasteiger partial charge in [0.25, 0.3) is 0 Å². The van der Waals surface area contributed by atoms with Crippen LogP contribution in [-0.4, -0.2) is 184 Å². The van der Waals surface area contributed by atoms with Crippen molar-refractivity contribution in [1.29, 1.82) is 0 Å². The number of hydrogen-bond donors (Lipinski definition) is 9. The van der Waals surface area contributed by atoms with Gasteiger partial charge in [-0.1, -0.05) is 12.1 Å². The number of phenols is 2. The van der Waals surface area contributed by atoms with Crippen LogP contribution in [0.1, 0.15) is 25.0 Å². The number of methoxy groups -OCH3 is 2. The molecule has 21 heteroatoms. The Kier molecular flexibility index (Phi) is 16.4. The summed E-state index contributed by atoms with van der Waals surface area (Å²) in [6, 6.07) is 8.89. The lowest BCUT2D eigenvalue weighted by molar-refractivity contribution is -0.364. The molecule has 0 spiro atoms. The van der Waals surface area contributed by atoms with E-state index in [-0.39, 0.29) is 36.0 Å². The summed E-state index contributed by atoms with van der Waals surface area (Å²) in [6.07, 6.45) is -22.1. The van der Waals surface area contributed by atoms with E-state index in [0.717, 1.165) is 13.0 Å². The van der Waals surface area contributed by atoms with Gasteiger partial charge >= 0.3 is 11.9 Å². The van der Waals surface area contributed by atoms with Gasteiger partial charge < -0.3 is 93.3 Å². The number of carbonyl (C=O) groups is 2. The van der Waals surface area contributed by atoms with Crippen LogP contribution in [0.5, 0.6) is 23.0 Å². The lowest BCUT2D eigenvalue weighted by Crippen LogP contribution is -2.65. The maximum Gasteiger partial charge on any atom is 0.331 e. The van der Waals surface area contributed by atoms with Crippen molar-refractivity contribution in [2.24, 2.45) is 0 Å². The highest BCUT2D eigenvalue weighted by atomic mass is 16.8. The summed E-state index contributed by atoms with van der Waals surface area (Å²) in [5, 5.41) is 95.1. The van der Waals surface area contributed by atoms with Crippen LogP contribution in [0.15, 0.2) is 42.5 Å². The van der Waals surface area contributed by atoms with E-state index >= 15 is 0 Å². The van der Waals surface area contributed by atoms with E-state index in [0.29, 0.717) is 11.1 Å². The first kappa shape index (κ1) is 46.9. The van der Waals surface area contributed by atoms with E-state index in [4.69, 9.17) is 47.4 Å². The molecular weight excluding hydrogens is 804 g/mol. The van der Waals surface area contributed by atoms with E-state index in [1.54, 1.807) is 6.07 Å². The number of phenolic OH excluding ortho intramolecular Hbond substituents is 2. The maximum absolute atomic E-state index is 13.5. The predicted octanol–water partition coefficient (Wildman–Crippen LogP) is -2.01. The van der Waals surface area contributed by atoms with Crippen LogP contribution in [0, 0.1) is 0 Å². The molecule has 0 bridgehead atoms. The summed E-state index contributed by atoms with van der Waals surface area (Å²) >= 11 is 0. The lowest BCUT2D eigenvalue weighted by atomic mass is 9.96. The zero-order valence-electron chi connectivity index (χ0n) is 33.0. The molecule has 3 aliphatic rings. The molecule has 3 fully saturated rings. The minimum Gasteiger partial charge on any atom is -0.504 e. The van der Waals surface area contributed by atoms with Crippen molar-refractivity contribution in [3.63, 3.8) is 0 Å². The molecule has 2 aromatic carbocycles. The molecule has 21 nitrogen and oxygen atoms in total. The molecule has 0 aliphatic carbocycles. The molecule has 0 radical (unpaired) electrons. The topological polar surface area (TPSA) is 309 Å². The molecular formula is C39H52O21. The van der Waals surface area contributed by atoms with Gasteiger partial charge in [-0.15, -0.1) is 0 Å². The summed E-state index contributed by atoms with van der Waals surface area (Å²) in [4.78, 5) is 25.2. The third-order valence-electron chi connectivity index (χ3n) is 10.0. The van der Waals surface area contributed by atoms with E-state index < -0.39 is 117 Å². The number of carbonyl (C=O) groups excluding carboxylic acids is 2. The fourth-order valence-electron chi connectivity index (χ4n) is 6.81. The summed E-state index contributed by atoms with van der Waals surface area (Å²) in [5.41, 5.74) is 1.00. The van der Waals surface area contributed by atoms with E-state index in [9.17, 15) is 55.5 Å². The number of aliphatic hydroxyl groups is 7. The number of esters is 2. The lowest BCUT2D eigenvalue weighted by Gasteiger charge is -2.47. The van der Waals surface area contributed by atoms with Gasteiger partial charge in [0, 0.05) is 13.0 Å². The van der Waals surface area contributed by atoms with E-state index in [2.05, 4.69) is 0 Å². The van der Waals surface area contributed by atoms with Crippen molar-refractivity contribution in [3.05, 3.63) is 53.6 Å². The smallest absolute Gasteiger partial charge is 0.331 e. The first-order chi connectivity index (χ1) is 28.6. The van der Waals surface area contributed by atoms with Crippen molar-refractivity contribution < 1.29 is 103 Å². The SMILES string of the molecule is COc1ccc(CCOC2OC(COC3OC(CO)C(O)C(O)C3O)C(OC(=O)C=Cc3ccc(O)c(OC)c3)C(OC3OC(C)C(OC(C)=O)C(O)C3O)C2O)cc1O. The molecule has 9 N–H and O–H groups in total. The molecule has 334 valence electrons. The van der Waals surface area contributed by atoms with E-state index in [1.807, 2.05) is 0 Å². The van der Waals surface area contributed by atoms with Gasteiger partial charge in [-0.2, -0.15) is 0 Å². The Hall–Kier alpha value is -4.20. The molecule has 15 unspecified atom stereocenters. The highest BCUT2D eigenvalue weighted by Crippen LogP contribution is 2.34. The molecule has 3 aliphatic heterocycles. The zero-order chi connectivity index (χ0) is 43.8. The molecule has 3 saturated heterocycles. The van der Waals surface area contributed by atoms with Gasteiger partial charge in [-0.3, -0.25) is 4.79 Å². The minimum absolute atomic E-state index is 0.112. The van der Waals surface area contributed by atoms with Crippen LogP contribution >= 0.6 is 0 Å². The second-order valence-corrected chi connectivity index (χ2v) is 14.2.